The Balaban J connectivity index is 0.000000524. The molecule has 2 heterocycles. The Morgan fingerprint density at radius 1 is 0.656 bits per heavy atom. The van der Waals surface area contributed by atoms with E-state index in [9.17, 15) is 24.0 Å². The quantitative estimate of drug-likeness (QED) is 0.0612. The number of benzene rings is 2. The summed E-state index contributed by atoms with van der Waals surface area (Å²) in [6.07, 6.45) is 4.10. The number of esters is 4. The van der Waals surface area contributed by atoms with E-state index < -0.39 is 11.2 Å². The molecule has 0 saturated heterocycles. The molecule has 64 heavy (non-hydrogen) atoms. The molecule has 2 aromatic heterocycles. The largest absolute Gasteiger partial charge is 0.460 e. The number of nitrogens with zero attached hydrogens (tertiary/aromatic N) is 3. The Bertz CT molecular complexity index is 2020. The standard InChI is InChI=1S/C25H34N2O4.C13H19NO2.C12H15NO3.ClH/c1-18(2)23(24(29)30-17-19-10-8-7-9-11-19)27(6)16-20-12-13-26-21(14-20)15-22(28)31-25(3,4)5;1-10(2)12(14-3)13(15)16-9-11-7-5-4-6-8-11;1-12(2,3)16-11(15)7-10-6-9(8-14)4-5-13-10;/h7-14,18,23H,15-17H2,1-6H3;4-8,10,12,14H,9H2,1-3H3;4-6,8H,7H2,1-3H3;1H/t23-;12-;;/m00../s1. The molecular formula is C50H69ClN4O9. The minimum Gasteiger partial charge on any atom is -0.460 e. The first-order valence-electron chi connectivity index (χ1n) is 21.2. The van der Waals surface area contributed by atoms with Crippen molar-refractivity contribution in [3.8, 4) is 0 Å². The number of nitrogens with one attached hydrogen (secondary N) is 1. The number of aromatic nitrogens is 2. The third kappa shape index (κ3) is 23.3. The normalized spacial score (nSPS) is 12.0. The van der Waals surface area contributed by atoms with Gasteiger partial charge in [-0.3, -0.25) is 38.8 Å². The molecule has 0 aliphatic heterocycles. The van der Waals surface area contributed by atoms with Crippen molar-refractivity contribution in [1.82, 2.24) is 20.2 Å². The maximum atomic E-state index is 12.8. The van der Waals surface area contributed by atoms with Crippen LogP contribution >= 0.6 is 12.4 Å². The van der Waals surface area contributed by atoms with Crippen molar-refractivity contribution in [3.63, 3.8) is 0 Å². The number of hydrogen-bond donors (Lipinski definition) is 1. The van der Waals surface area contributed by atoms with Crippen LogP contribution in [0.2, 0.25) is 0 Å². The van der Waals surface area contributed by atoms with Gasteiger partial charge >= 0.3 is 23.9 Å². The number of rotatable bonds is 17. The van der Waals surface area contributed by atoms with Gasteiger partial charge in [-0.05, 0) is 108 Å². The number of halogens is 1. The Kier molecular flexibility index (Phi) is 25.0. The molecule has 0 bridgehead atoms. The molecule has 350 valence electrons. The summed E-state index contributed by atoms with van der Waals surface area (Å²) in [5, 5.41) is 2.96. The molecule has 4 aromatic rings. The summed E-state index contributed by atoms with van der Waals surface area (Å²) in [6, 6.07) is 25.7. The number of pyridine rings is 2. The molecule has 0 saturated carbocycles. The molecule has 0 aliphatic rings. The summed E-state index contributed by atoms with van der Waals surface area (Å²) < 4.78 is 21.3. The molecule has 0 unspecified atom stereocenters. The van der Waals surface area contributed by atoms with Gasteiger partial charge in [0.1, 0.15) is 42.8 Å². The van der Waals surface area contributed by atoms with E-state index in [1.165, 1.54) is 6.20 Å². The summed E-state index contributed by atoms with van der Waals surface area (Å²) in [5.41, 5.74) is 3.60. The van der Waals surface area contributed by atoms with Gasteiger partial charge in [-0.2, -0.15) is 0 Å². The third-order valence-electron chi connectivity index (χ3n) is 8.81. The fraction of sp³-hybridized carbons (Fsp3) is 0.460. The second-order valence-electron chi connectivity index (χ2n) is 17.7. The van der Waals surface area contributed by atoms with Gasteiger partial charge in [0.15, 0.2) is 0 Å². The van der Waals surface area contributed by atoms with E-state index >= 15 is 0 Å². The van der Waals surface area contributed by atoms with Crippen molar-refractivity contribution in [2.45, 2.75) is 125 Å². The molecule has 13 nitrogen and oxygen atoms in total. The van der Waals surface area contributed by atoms with E-state index in [0.717, 1.165) is 23.0 Å². The highest BCUT2D eigenvalue weighted by Crippen LogP contribution is 2.17. The predicted molar refractivity (Wildman–Crippen MR) is 250 cm³/mol. The monoisotopic (exact) mass is 904 g/mol. The van der Waals surface area contributed by atoms with Gasteiger partial charge < -0.3 is 24.3 Å². The van der Waals surface area contributed by atoms with Crippen molar-refractivity contribution in [2.75, 3.05) is 14.1 Å². The third-order valence-corrected chi connectivity index (χ3v) is 8.81. The Labute approximate surface area is 386 Å². The molecule has 2 aromatic carbocycles. The lowest BCUT2D eigenvalue weighted by Gasteiger charge is -2.29. The molecule has 0 radical (unpaired) electrons. The molecule has 0 spiro atoms. The molecule has 0 aliphatic carbocycles. The average Bonchev–Trinajstić information content (AvgIpc) is 3.19. The van der Waals surface area contributed by atoms with E-state index in [1.807, 2.05) is 133 Å². The van der Waals surface area contributed by atoms with Gasteiger partial charge in [0.05, 0.1) is 24.2 Å². The number of ether oxygens (including phenoxy) is 4. The first-order chi connectivity index (χ1) is 29.6. The van der Waals surface area contributed by atoms with Crippen LogP contribution in [-0.2, 0) is 70.7 Å². The number of carbonyl (C=O) groups is 5. The van der Waals surface area contributed by atoms with Crippen molar-refractivity contribution < 1.29 is 42.9 Å². The van der Waals surface area contributed by atoms with Gasteiger partial charge in [-0.1, -0.05) is 88.4 Å². The van der Waals surface area contributed by atoms with Crippen LogP contribution < -0.4 is 5.32 Å². The van der Waals surface area contributed by atoms with Crippen LogP contribution in [0.3, 0.4) is 0 Å². The van der Waals surface area contributed by atoms with E-state index in [-0.39, 0.29) is 79.7 Å². The van der Waals surface area contributed by atoms with Crippen LogP contribution in [0.5, 0.6) is 0 Å². The zero-order valence-corrected chi connectivity index (χ0v) is 40.4. The van der Waals surface area contributed by atoms with Crippen LogP contribution in [0.1, 0.15) is 108 Å². The first kappa shape index (κ1) is 56.5. The lowest BCUT2D eigenvalue weighted by atomic mass is 10.0. The van der Waals surface area contributed by atoms with E-state index in [4.69, 9.17) is 18.9 Å². The average molecular weight is 906 g/mol. The zero-order chi connectivity index (χ0) is 47.2. The first-order valence-corrected chi connectivity index (χ1v) is 21.2. The van der Waals surface area contributed by atoms with Crippen LogP contribution in [0.25, 0.3) is 0 Å². The smallest absolute Gasteiger partial charge is 0.323 e. The predicted octanol–water partition coefficient (Wildman–Crippen LogP) is 8.34. The lowest BCUT2D eigenvalue weighted by molar-refractivity contribution is -0.155. The summed E-state index contributed by atoms with van der Waals surface area (Å²) in [4.78, 5) is 68.9. The lowest BCUT2D eigenvalue weighted by Crippen LogP contribution is -2.43. The van der Waals surface area contributed by atoms with Gasteiger partial charge in [0, 0.05) is 24.5 Å². The van der Waals surface area contributed by atoms with Crippen molar-refractivity contribution in [3.05, 3.63) is 131 Å². The second-order valence-corrected chi connectivity index (χ2v) is 17.7. The minimum absolute atomic E-state index is 0. The number of aldehydes is 1. The van der Waals surface area contributed by atoms with Crippen LogP contribution in [0.15, 0.2) is 97.3 Å². The molecule has 0 amide bonds. The number of likely N-dealkylation sites (N-methyl/N-ethyl adjacent to an activating group) is 2. The van der Waals surface area contributed by atoms with Gasteiger partial charge in [-0.15, -0.1) is 12.4 Å². The maximum Gasteiger partial charge on any atom is 0.323 e. The van der Waals surface area contributed by atoms with Crippen molar-refractivity contribution in [2.24, 2.45) is 11.8 Å². The van der Waals surface area contributed by atoms with Gasteiger partial charge in [-0.25, -0.2) is 0 Å². The van der Waals surface area contributed by atoms with Gasteiger partial charge in [0.25, 0.3) is 0 Å². The fourth-order valence-corrected chi connectivity index (χ4v) is 6.14. The second kappa shape index (κ2) is 28.3. The van der Waals surface area contributed by atoms with Crippen LogP contribution in [0.4, 0.5) is 0 Å². The van der Waals surface area contributed by atoms with E-state index in [0.29, 0.717) is 30.1 Å². The Hall–Kier alpha value is -5.50. The molecule has 4 rings (SSSR count). The highest BCUT2D eigenvalue weighted by molar-refractivity contribution is 5.85. The molecule has 14 heteroatoms. The Morgan fingerprint density at radius 3 is 1.53 bits per heavy atom. The maximum absolute atomic E-state index is 12.8. The fourth-order valence-electron chi connectivity index (χ4n) is 6.14. The summed E-state index contributed by atoms with van der Waals surface area (Å²) in [6.45, 7) is 20.1. The SMILES string of the molecule is CC(C)(C)OC(=O)Cc1cc(C=O)ccn1.CC(C)[C@@H](C(=O)OCc1ccccc1)N(C)Cc1ccnc(CC(=O)OC(C)(C)C)c1.CN[C@H](C(=O)OCc1ccccc1)C(C)C.Cl. The van der Waals surface area contributed by atoms with Crippen molar-refractivity contribution >= 4 is 42.6 Å². The molecule has 1 N–H and O–H groups in total. The van der Waals surface area contributed by atoms with E-state index in [1.54, 1.807) is 46.1 Å². The minimum atomic E-state index is -0.528. The summed E-state index contributed by atoms with van der Waals surface area (Å²) in [5.74, 6) is -0.784. The Morgan fingerprint density at radius 2 is 1.11 bits per heavy atom. The molecular weight excluding hydrogens is 836 g/mol. The number of hydrogen-bond acceptors (Lipinski definition) is 13. The zero-order valence-electron chi connectivity index (χ0n) is 39.6. The van der Waals surface area contributed by atoms with E-state index in [2.05, 4.69) is 15.3 Å². The molecule has 0 fully saturated rings. The van der Waals surface area contributed by atoms with Gasteiger partial charge in [0.2, 0.25) is 0 Å². The van der Waals surface area contributed by atoms with Crippen LogP contribution in [-0.4, -0.2) is 82.4 Å². The number of carbonyl (C=O) groups excluding carboxylic acids is 5. The van der Waals surface area contributed by atoms with Crippen molar-refractivity contribution in [1.29, 1.82) is 0 Å². The topological polar surface area (TPSA) is 163 Å². The highest BCUT2D eigenvalue weighted by Gasteiger charge is 2.28. The molecule has 2 atom stereocenters. The highest BCUT2D eigenvalue weighted by atomic mass is 35.5. The summed E-state index contributed by atoms with van der Waals surface area (Å²) >= 11 is 0. The van der Waals surface area contributed by atoms with Crippen LogP contribution in [0, 0.1) is 11.8 Å². The summed E-state index contributed by atoms with van der Waals surface area (Å²) in [7, 11) is 3.68.